The number of hydrogen-bond donors (Lipinski definition) is 2. The van der Waals surface area contributed by atoms with Crippen LogP contribution in [0.4, 0.5) is 8.78 Å². The van der Waals surface area contributed by atoms with Gasteiger partial charge < -0.3 is 15.4 Å². The van der Waals surface area contributed by atoms with E-state index in [0.29, 0.717) is 29.5 Å². The van der Waals surface area contributed by atoms with Gasteiger partial charge in [-0.25, -0.2) is 13.4 Å². The zero-order chi connectivity index (χ0) is 21.4. The van der Waals surface area contributed by atoms with Gasteiger partial charge >= 0.3 is 6.61 Å². The van der Waals surface area contributed by atoms with E-state index in [0.717, 1.165) is 11.1 Å². The highest BCUT2D eigenvalue weighted by atomic mass is 127. The Balaban J connectivity index is 0.00000450. The van der Waals surface area contributed by atoms with Crippen molar-refractivity contribution in [3.63, 3.8) is 0 Å². The molecule has 0 bridgehead atoms. The van der Waals surface area contributed by atoms with Gasteiger partial charge in [-0.1, -0.05) is 24.3 Å². The third-order valence-corrected chi connectivity index (χ3v) is 5.24. The standard InChI is InChI=1S/C20H25F2N3O3S.HI/c1-4-23-20(24-12-15-6-5-7-17(11-15)28-19(21)22)25-13-16-8-9-18(14(2)10-16)29(3,26)27;/h5-11,19H,4,12-13H2,1-3H3,(H2,23,24,25);1H. The quantitative estimate of drug-likeness (QED) is 0.295. The molecule has 0 radical (unpaired) electrons. The Morgan fingerprint density at radius 2 is 1.87 bits per heavy atom. The molecule has 0 saturated carbocycles. The fourth-order valence-electron chi connectivity index (χ4n) is 2.76. The van der Waals surface area contributed by atoms with Gasteiger partial charge in [0.1, 0.15) is 5.75 Å². The molecule has 0 unspecified atom stereocenters. The van der Waals surface area contributed by atoms with Gasteiger partial charge in [0.15, 0.2) is 15.8 Å². The number of alkyl halides is 2. The van der Waals surface area contributed by atoms with Crippen LogP contribution in [0.1, 0.15) is 23.6 Å². The van der Waals surface area contributed by atoms with Crippen LogP contribution in [0, 0.1) is 6.92 Å². The van der Waals surface area contributed by atoms with Gasteiger partial charge in [-0.3, -0.25) is 0 Å². The van der Waals surface area contributed by atoms with Crippen LogP contribution in [0.25, 0.3) is 0 Å². The highest BCUT2D eigenvalue weighted by molar-refractivity contribution is 14.0. The number of benzene rings is 2. The molecule has 0 aliphatic rings. The molecule has 2 aromatic carbocycles. The van der Waals surface area contributed by atoms with Crippen LogP contribution < -0.4 is 15.4 Å². The summed E-state index contributed by atoms with van der Waals surface area (Å²) in [7, 11) is -3.25. The van der Waals surface area contributed by atoms with Crippen molar-refractivity contribution in [3.8, 4) is 5.75 Å². The number of nitrogens with one attached hydrogen (secondary N) is 2. The van der Waals surface area contributed by atoms with Crippen molar-refractivity contribution in [2.24, 2.45) is 4.99 Å². The fourth-order valence-corrected chi connectivity index (χ4v) is 3.71. The second kappa shape index (κ2) is 12.0. The predicted octanol–water partition coefficient (Wildman–Crippen LogP) is 3.87. The van der Waals surface area contributed by atoms with Crippen LogP contribution in [0.3, 0.4) is 0 Å². The number of sulfone groups is 1. The summed E-state index contributed by atoms with van der Waals surface area (Å²) in [5, 5.41) is 6.29. The zero-order valence-corrected chi connectivity index (χ0v) is 20.1. The van der Waals surface area contributed by atoms with Gasteiger partial charge in [0.2, 0.25) is 0 Å². The summed E-state index contributed by atoms with van der Waals surface area (Å²) in [5.41, 5.74) is 2.33. The van der Waals surface area contributed by atoms with Gasteiger partial charge in [-0.2, -0.15) is 8.78 Å². The van der Waals surface area contributed by atoms with Gasteiger partial charge in [0, 0.05) is 19.3 Å². The lowest BCUT2D eigenvalue weighted by atomic mass is 10.1. The minimum absolute atomic E-state index is 0. The first-order valence-corrected chi connectivity index (χ1v) is 10.9. The summed E-state index contributed by atoms with van der Waals surface area (Å²) in [6, 6.07) is 11.6. The van der Waals surface area contributed by atoms with Gasteiger partial charge in [0.05, 0.1) is 11.4 Å². The van der Waals surface area contributed by atoms with Crippen molar-refractivity contribution >= 4 is 39.8 Å². The molecular formula is C20H26F2IN3O3S. The molecule has 0 atom stereocenters. The summed E-state index contributed by atoms with van der Waals surface area (Å²) in [6.07, 6.45) is 1.19. The van der Waals surface area contributed by atoms with E-state index in [9.17, 15) is 17.2 Å². The first-order valence-electron chi connectivity index (χ1n) is 9.04. The van der Waals surface area contributed by atoms with E-state index in [1.807, 2.05) is 13.0 Å². The van der Waals surface area contributed by atoms with Crippen LogP contribution in [0.2, 0.25) is 0 Å². The number of aryl methyl sites for hydroxylation is 1. The molecule has 2 N–H and O–H groups in total. The number of guanidine groups is 1. The molecule has 6 nitrogen and oxygen atoms in total. The molecule has 0 aromatic heterocycles. The lowest BCUT2D eigenvalue weighted by Crippen LogP contribution is -2.36. The lowest BCUT2D eigenvalue weighted by molar-refractivity contribution is -0.0498. The Bertz CT molecular complexity index is 970. The zero-order valence-electron chi connectivity index (χ0n) is 17.0. The molecule has 10 heteroatoms. The fraction of sp³-hybridized carbons (Fsp3) is 0.350. The van der Waals surface area contributed by atoms with Crippen LogP contribution in [0.5, 0.6) is 5.75 Å². The highest BCUT2D eigenvalue weighted by Gasteiger charge is 2.11. The molecule has 2 rings (SSSR count). The van der Waals surface area contributed by atoms with Crippen molar-refractivity contribution in [2.75, 3.05) is 12.8 Å². The number of aliphatic imine (C=N–C) groups is 1. The molecular weight excluding hydrogens is 527 g/mol. The Labute approximate surface area is 193 Å². The smallest absolute Gasteiger partial charge is 0.387 e. The molecule has 0 saturated heterocycles. The van der Waals surface area contributed by atoms with E-state index in [1.165, 1.54) is 18.4 Å². The maximum absolute atomic E-state index is 12.3. The van der Waals surface area contributed by atoms with Crippen molar-refractivity contribution in [1.29, 1.82) is 0 Å². The first-order chi connectivity index (χ1) is 13.7. The molecule has 2 aromatic rings. The van der Waals surface area contributed by atoms with Crippen LogP contribution >= 0.6 is 24.0 Å². The van der Waals surface area contributed by atoms with E-state index < -0.39 is 16.4 Å². The summed E-state index contributed by atoms with van der Waals surface area (Å²) < 4.78 is 52.5. The van der Waals surface area contributed by atoms with E-state index in [1.54, 1.807) is 31.2 Å². The lowest BCUT2D eigenvalue weighted by Gasteiger charge is -2.13. The number of halogens is 3. The number of rotatable bonds is 8. The number of ether oxygens (including phenoxy) is 1. The Morgan fingerprint density at radius 1 is 1.13 bits per heavy atom. The molecule has 166 valence electrons. The maximum Gasteiger partial charge on any atom is 0.387 e. The highest BCUT2D eigenvalue weighted by Crippen LogP contribution is 2.17. The summed E-state index contributed by atoms with van der Waals surface area (Å²) in [4.78, 5) is 4.77. The van der Waals surface area contributed by atoms with Crippen LogP contribution in [-0.4, -0.2) is 33.8 Å². The molecule has 0 amide bonds. The van der Waals surface area contributed by atoms with E-state index >= 15 is 0 Å². The monoisotopic (exact) mass is 553 g/mol. The Morgan fingerprint density at radius 3 is 2.47 bits per heavy atom. The topological polar surface area (TPSA) is 79.8 Å². The summed E-state index contributed by atoms with van der Waals surface area (Å²) in [5.74, 6) is 0.643. The second-order valence-electron chi connectivity index (χ2n) is 6.45. The first kappa shape index (κ1) is 26.1. The van der Waals surface area contributed by atoms with E-state index in [4.69, 9.17) is 0 Å². The third-order valence-electron chi connectivity index (χ3n) is 3.99. The molecule has 0 spiro atoms. The average Bonchev–Trinajstić information content (AvgIpc) is 2.63. The van der Waals surface area contributed by atoms with Crippen molar-refractivity contribution in [2.45, 2.75) is 38.4 Å². The third kappa shape index (κ3) is 8.42. The van der Waals surface area contributed by atoms with Crippen molar-refractivity contribution in [1.82, 2.24) is 10.6 Å². The van der Waals surface area contributed by atoms with Gasteiger partial charge in [-0.15, -0.1) is 24.0 Å². The SMILES string of the molecule is CCNC(=NCc1cccc(OC(F)F)c1)NCc1ccc(S(C)(=O)=O)c(C)c1.I. The second-order valence-corrected chi connectivity index (χ2v) is 8.43. The Kier molecular flexibility index (Phi) is 10.5. The number of nitrogens with zero attached hydrogens (tertiary/aromatic N) is 1. The van der Waals surface area contributed by atoms with Crippen LogP contribution in [0.15, 0.2) is 52.4 Å². The summed E-state index contributed by atoms with van der Waals surface area (Å²) in [6.45, 7) is 2.19. The van der Waals surface area contributed by atoms with E-state index in [-0.39, 0.29) is 36.3 Å². The average molecular weight is 553 g/mol. The summed E-state index contributed by atoms with van der Waals surface area (Å²) >= 11 is 0. The largest absolute Gasteiger partial charge is 0.435 e. The van der Waals surface area contributed by atoms with Gasteiger partial charge in [-0.05, 0) is 48.7 Å². The van der Waals surface area contributed by atoms with Crippen molar-refractivity contribution < 1.29 is 21.9 Å². The van der Waals surface area contributed by atoms with E-state index in [2.05, 4.69) is 20.4 Å². The normalized spacial score (nSPS) is 11.7. The minimum Gasteiger partial charge on any atom is -0.435 e. The molecule has 0 aliphatic heterocycles. The maximum atomic E-state index is 12.3. The number of hydrogen-bond acceptors (Lipinski definition) is 4. The van der Waals surface area contributed by atoms with Gasteiger partial charge in [0.25, 0.3) is 0 Å². The Hall–Kier alpha value is -1.95. The van der Waals surface area contributed by atoms with Crippen molar-refractivity contribution in [3.05, 3.63) is 59.2 Å². The molecule has 0 fully saturated rings. The minimum atomic E-state index is -3.25. The molecule has 0 aliphatic carbocycles. The predicted molar refractivity (Wildman–Crippen MR) is 124 cm³/mol. The van der Waals surface area contributed by atoms with Crippen LogP contribution in [-0.2, 0) is 22.9 Å². The molecule has 30 heavy (non-hydrogen) atoms. The molecule has 0 heterocycles.